The van der Waals surface area contributed by atoms with Crippen molar-refractivity contribution in [3.8, 4) is 16.9 Å². The molecule has 0 heterocycles. The number of amides is 2. The number of carbonyl (C=O) groups is 2. The second-order valence-electron chi connectivity index (χ2n) is 8.24. The lowest BCUT2D eigenvalue weighted by Gasteiger charge is -2.18. The Balaban J connectivity index is 1.49. The normalized spacial score (nSPS) is 11.3. The number of benzene rings is 3. The Morgan fingerprint density at radius 2 is 1.51 bits per heavy atom. The van der Waals surface area contributed by atoms with Crippen LogP contribution in [0.1, 0.15) is 18.1 Å². The van der Waals surface area contributed by atoms with Crippen LogP contribution in [0, 0.1) is 0 Å². The lowest BCUT2D eigenvalue weighted by Crippen LogP contribution is -2.49. The average Bonchev–Trinajstić information content (AvgIpc) is 2.91. The summed E-state index contributed by atoms with van der Waals surface area (Å²) in [4.78, 5) is 24.9. The van der Waals surface area contributed by atoms with Gasteiger partial charge in [-0.15, -0.1) is 0 Å². The number of hydrogen-bond donors (Lipinski definition) is 3. The Bertz CT molecular complexity index is 1110. The molecule has 3 rings (SSSR count). The standard InChI is InChI=1S/C29H33N3O3/c1-4-22-12-16-26(17-13-22)35-20-21(2)31-19-28(33)32-27(29(34)30-3)18-23-10-14-25(15-11-23)24-8-6-5-7-9-24/h5-17,27,31H,2,4,18-20H2,1,3H3,(H,30,34)(H,32,33)/t27-/m1/s1. The highest BCUT2D eigenvalue weighted by Crippen LogP contribution is 2.20. The second-order valence-corrected chi connectivity index (χ2v) is 8.24. The third-order valence-corrected chi connectivity index (χ3v) is 5.64. The van der Waals surface area contributed by atoms with Crippen molar-refractivity contribution in [1.82, 2.24) is 16.0 Å². The van der Waals surface area contributed by atoms with Gasteiger partial charge in [-0.1, -0.05) is 80.2 Å². The molecule has 3 N–H and O–H groups in total. The van der Waals surface area contributed by atoms with Crippen molar-refractivity contribution in [2.45, 2.75) is 25.8 Å². The summed E-state index contributed by atoms with van der Waals surface area (Å²) >= 11 is 0. The van der Waals surface area contributed by atoms with Crippen LogP contribution in [0.5, 0.6) is 5.75 Å². The molecule has 0 aromatic heterocycles. The van der Waals surface area contributed by atoms with Gasteiger partial charge in [-0.3, -0.25) is 9.59 Å². The summed E-state index contributed by atoms with van der Waals surface area (Å²) in [6, 6.07) is 25.3. The third kappa shape index (κ3) is 8.03. The molecule has 0 radical (unpaired) electrons. The van der Waals surface area contributed by atoms with Crippen molar-refractivity contribution in [3.05, 3.63) is 102 Å². The monoisotopic (exact) mass is 471 g/mol. The Kier molecular flexibility index (Phi) is 9.49. The molecule has 0 aliphatic heterocycles. The molecule has 0 aliphatic rings. The maximum Gasteiger partial charge on any atom is 0.242 e. The van der Waals surface area contributed by atoms with Crippen LogP contribution in [0.25, 0.3) is 11.1 Å². The molecule has 0 fully saturated rings. The highest BCUT2D eigenvalue weighted by atomic mass is 16.5. The first kappa shape index (κ1) is 25.6. The van der Waals surface area contributed by atoms with Gasteiger partial charge in [-0.05, 0) is 40.8 Å². The topological polar surface area (TPSA) is 79.5 Å². The summed E-state index contributed by atoms with van der Waals surface area (Å²) in [6.45, 7) is 6.25. The molecule has 3 aromatic rings. The summed E-state index contributed by atoms with van der Waals surface area (Å²) in [6.07, 6.45) is 1.36. The predicted octanol–water partition coefficient (Wildman–Crippen LogP) is 3.87. The van der Waals surface area contributed by atoms with Crippen molar-refractivity contribution < 1.29 is 14.3 Å². The molecule has 0 bridgehead atoms. The number of rotatable bonds is 12. The van der Waals surface area contributed by atoms with Gasteiger partial charge in [0.25, 0.3) is 0 Å². The highest BCUT2D eigenvalue weighted by Gasteiger charge is 2.20. The molecule has 35 heavy (non-hydrogen) atoms. The maximum atomic E-state index is 12.5. The molecule has 6 nitrogen and oxygen atoms in total. The van der Waals surface area contributed by atoms with Gasteiger partial charge in [-0.2, -0.15) is 0 Å². The number of nitrogens with one attached hydrogen (secondary N) is 3. The van der Waals surface area contributed by atoms with Crippen LogP contribution < -0.4 is 20.7 Å². The Labute approximate surface area is 207 Å². The number of likely N-dealkylation sites (N-methyl/N-ethyl adjacent to an activating group) is 1. The Morgan fingerprint density at radius 1 is 0.886 bits per heavy atom. The molecule has 2 amide bonds. The second kappa shape index (κ2) is 13.0. The molecule has 0 saturated carbocycles. The highest BCUT2D eigenvalue weighted by molar-refractivity contribution is 5.88. The number of ether oxygens (including phenoxy) is 1. The number of hydrogen-bond acceptors (Lipinski definition) is 4. The predicted molar refractivity (Wildman–Crippen MR) is 140 cm³/mol. The molecule has 182 valence electrons. The molecular weight excluding hydrogens is 438 g/mol. The molecule has 1 atom stereocenters. The lowest BCUT2D eigenvalue weighted by atomic mass is 10.0. The van der Waals surface area contributed by atoms with Gasteiger partial charge in [0.2, 0.25) is 11.8 Å². The smallest absolute Gasteiger partial charge is 0.242 e. The zero-order valence-corrected chi connectivity index (χ0v) is 20.3. The fourth-order valence-electron chi connectivity index (χ4n) is 3.58. The van der Waals surface area contributed by atoms with Gasteiger partial charge in [0.1, 0.15) is 18.4 Å². The molecular formula is C29H33N3O3. The van der Waals surface area contributed by atoms with Crippen LogP contribution >= 0.6 is 0 Å². The van der Waals surface area contributed by atoms with Crippen LogP contribution in [-0.2, 0) is 22.4 Å². The van der Waals surface area contributed by atoms with Gasteiger partial charge in [-0.25, -0.2) is 0 Å². The summed E-state index contributed by atoms with van der Waals surface area (Å²) in [5, 5.41) is 8.40. The molecule has 0 unspecified atom stereocenters. The van der Waals surface area contributed by atoms with Crippen LogP contribution in [0.4, 0.5) is 0 Å². The first-order valence-electron chi connectivity index (χ1n) is 11.8. The summed E-state index contributed by atoms with van der Waals surface area (Å²) in [5.41, 5.74) is 5.00. The minimum absolute atomic E-state index is 0.00257. The van der Waals surface area contributed by atoms with E-state index in [0.717, 1.165) is 28.9 Å². The van der Waals surface area contributed by atoms with Gasteiger partial charge in [0.05, 0.1) is 6.54 Å². The van der Waals surface area contributed by atoms with E-state index in [1.807, 2.05) is 66.7 Å². The van der Waals surface area contributed by atoms with E-state index >= 15 is 0 Å². The van der Waals surface area contributed by atoms with Crippen molar-refractivity contribution in [2.24, 2.45) is 0 Å². The van der Waals surface area contributed by atoms with Gasteiger partial charge >= 0.3 is 0 Å². The van der Waals surface area contributed by atoms with E-state index in [-0.39, 0.29) is 25.0 Å². The molecule has 3 aromatic carbocycles. The van der Waals surface area contributed by atoms with Gasteiger partial charge in [0, 0.05) is 19.2 Å². The van der Waals surface area contributed by atoms with Gasteiger partial charge < -0.3 is 20.7 Å². The van der Waals surface area contributed by atoms with Crippen LogP contribution in [0.15, 0.2) is 91.1 Å². The molecule has 0 aliphatic carbocycles. The van der Waals surface area contributed by atoms with Crippen molar-refractivity contribution >= 4 is 11.8 Å². The Morgan fingerprint density at radius 3 is 2.14 bits per heavy atom. The Hall–Kier alpha value is -4.06. The average molecular weight is 472 g/mol. The van der Waals surface area contributed by atoms with E-state index in [2.05, 4.69) is 41.6 Å². The van der Waals surface area contributed by atoms with E-state index in [1.54, 1.807) is 7.05 Å². The SMILES string of the molecule is C=C(COc1ccc(CC)cc1)NCC(=O)N[C@H](Cc1ccc(-c2ccccc2)cc1)C(=O)NC. The minimum Gasteiger partial charge on any atom is -0.487 e. The largest absolute Gasteiger partial charge is 0.487 e. The number of aryl methyl sites for hydroxylation is 1. The van der Waals surface area contributed by atoms with Crippen LogP contribution in [0.3, 0.4) is 0 Å². The summed E-state index contributed by atoms with van der Waals surface area (Å²) in [7, 11) is 1.56. The fourth-order valence-corrected chi connectivity index (χ4v) is 3.58. The van der Waals surface area contributed by atoms with E-state index in [4.69, 9.17) is 4.74 Å². The zero-order chi connectivity index (χ0) is 25.0. The first-order valence-corrected chi connectivity index (χ1v) is 11.8. The summed E-state index contributed by atoms with van der Waals surface area (Å²) < 4.78 is 5.70. The first-order chi connectivity index (χ1) is 17.0. The van der Waals surface area contributed by atoms with E-state index in [1.165, 1.54) is 5.56 Å². The summed E-state index contributed by atoms with van der Waals surface area (Å²) in [5.74, 6) is 0.198. The van der Waals surface area contributed by atoms with Crippen molar-refractivity contribution in [2.75, 3.05) is 20.2 Å². The third-order valence-electron chi connectivity index (χ3n) is 5.64. The van der Waals surface area contributed by atoms with Crippen LogP contribution in [-0.4, -0.2) is 38.1 Å². The quantitative estimate of drug-likeness (QED) is 0.375. The number of carbonyl (C=O) groups excluding carboxylic acids is 2. The molecule has 6 heteroatoms. The molecule has 0 saturated heterocycles. The van der Waals surface area contributed by atoms with Gasteiger partial charge in [0.15, 0.2) is 0 Å². The van der Waals surface area contributed by atoms with E-state index in [9.17, 15) is 9.59 Å². The maximum absolute atomic E-state index is 12.5. The van der Waals surface area contributed by atoms with E-state index < -0.39 is 6.04 Å². The fraction of sp³-hybridized carbons (Fsp3) is 0.241. The zero-order valence-electron chi connectivity index (χ0n) is 20.3. The van der Waals surface area contributed by atoms with Crippen molar-refractivity contribution in [1.29, 1.82) is 0 Å². The lowest BCUT2D eigenvalue weighted by molar-refractivity contribution is -0.128. The molecule has 0 spiro atoms. The van der Waals surface area contributed by atoms with Crippen LogP contribution in [0.2, 0.25) is 0 Å². The van der Waals surface area contributed by atoms with E-state index in [0.29, 0.717) is 12.1 Å². The minimum atomic E-state index is -0.682. The van der Waals surface area contributed by atoms with Crippen molar-refractivity contribution in [3.63, 3.8) is 0 Å².